The Hall–Kier alpha value is 0.902. The first-order valence-electron chi connectivity index (χ1n) is 0.383. The zero-order chi connectivity index (χ0) is 4.00. The molecule has 0 bridgehead atoms. The molecule has 0 fully saturated rings. The molecule has 5 heteroatoms. The van der Waals surface area contributed by atoms with Crippen LogP contribution in [0.3, 0.4) is 0 Å². The van der Waals surface area contributed by atoms with Gasteiger partial charge in [0.25, 0.3) is 0 Å². The van der Waals surface area contributed by atoms with Crippen molar-refractivity contribution in [3.8, 4) is 0 Å². The number of rotatable bonds is 0. The van der Waals surface area contributed by atoms with E-state index in [1.54, 1.807) is 0 Å². The van der Waals surface area contributed by atoms with Crippen molar-refractivity contribution in [1.29, 1.82) is 0 Å². The molecular weight excluding hydrogens is 106 g/mol. The average molecular weight is 109 g/mol. The van der Waals surface area contributed by atoms with Crippen LogP contribution in [0.25, 0.3) is 0 Å². The van der Waals surface area contributed by atoms with Crippen LogP contribution in [-0.4, -0.2) is 29.4 Å². The van der Waals surface area contributed by atoms with E-state index in [1.165, 1.54) is 0 Å². The van der Waals surface area contributed by atoms with E-state index in [4.69, 9.17) is 14.2 Å². The molecule has 0 saturated carbocycles. The molecule has 3 nitrogen and oxygen atoms in total. The van der Waals surface area contributed by atoms with Gasteiger partial charge in [0.15, 0.2) is 0 Å². The predicted molar refractivity (Wildman–Crippen MR) is 13.1 cm³/mol. The third-order valence-electron chi connectivity index (χ3n) is 0. The van der Waals surface area contributed by atoms with Gasteiger partial charge in [0.1, 0.15) is 0 Å². The quantitative estimate of drug-likeness (QED) is 0.244. The van der Waals surface area contributed by atoms with E-state index in [-0.39, 0.29) is 18.9 Å². The molecule has 0 heterocycles. The van der Waals surface area contributed by atoms with Crippen LogP contribution in [-0.2, 0) is 21.0 Å². The van der Waals surface area contributed by atoms with Crippen molar-refractivity contribution in [1.82, 2.24) is 0 Å². The van der Waals surface area contributed by atoms with Crippen LogP contribution in [0.1, 0.15) is 0 Å². The Morgan fingerprint density at radius 2 is 1.20 bits per heavy atom. The second kappa shape index (κ2) is 91.8. The van der Waals surface area contributed by atoms with E-state index in [9.17, 15) is 0 Å². The van der Waals surface area contributed by atoms with Gasteiger partial charge in [-0.25, -0.2) is 0 Å². The fourth-order valence-corrected chi connectivity index (χ4v) is 0. The minimum atomic E-state index is 0. The van der Waals surface area contributed by atoms with Crippen LogP contribution in [0.5, 0.6) is 0 Å². The van der Waals surface area contributed by atoms with Crippen molar-refractivity contribution in [2.75, 3.05) is 0 Å². The van der Waals surface area contributed by atoms with Gasteiger partial charge in [-0.2, -0.15) is 0 Å². The van der Waals surface area contributed by atoms with Gasteiger partial charge in [-0.3, -0.25) is 10.5 Å². The van der Waals surface area contributed by atoms with Gasteiger partial charge in [-0.1, -0.05) is 0 Å². The van der Waals surface area contributed by atoms with E-state index >= 15 is 0 Å². The topological polar surface area (TPSA) is 57.5 Å². The molecule has 0 spiro atoms. The molecule has 0 aliphatic rings. The molecule has 0 radical (unpaired) electrons. The van der Waals surface area contributed by atoms with Crippen LogP contribution in [0, 0.1) is 0 Å². The van der Waals surface area contributed by atoms with E-state index in [1.807, 2.05) is 0 Å². The molecule has 0 unspecified atom stereocenters. The molecule has 0 saturated heterocycles. The standard InChI is InChI=1S/Li.H2O2.O.V.H/c;1-2;;;/h;1-2H;;;. The van der Waals surface area contributed by atoms with Crippen LogP contribution in [0.15, 0.2) is 0 Å². The fraction of sp³-hybridized carbons (Fsp3) is 0. The van der Waals surface area contributed by atoms with Gasteiger partial charge in [-0.05, 0) is 0 Å². The van der Waals surface area contributed by atoms with Gasteiger partial charge in [0, 0.05) is 0 Å². The minimum absolute atomic E-state index is 0. The first kappa shape index (κ1) is 16.8. The summed E-state index contributed by atoms with van der Waals surface area (Å²) in [5.74, 6) is 0. The maximum absolute atomic E-state index is 8.19. The van der Waals surface area contributed by atoms with Crippen LogP contribution in [0.4, 0.5) is 0 Å². The molecular formula is H3LiO3V. The van der Waals surface area contributed by atoms with Gasteiger partial charge >= 0.3 is 39.9 Å². The van der Waals surface area contributed by atoms with Crippen molar-refractivity contribution in [2.24, 2.45) is 0 Å². The van der Waals surface area contributed by atoms with Crippen LogP contribution in [0.2, 0.25) is 0 Å². The zero-order valence-electron chi connectivity index (χ0n) is 1.75. The van der Waals surface area contributed by atoms with Gasteiger partial charge in [-0.15, -0.1) is 0 Å². The SMILES string of the molecule is OO.[LiH].[O]=[V]. The van der Waals surface area contributed by atoms with Gasteiger partial charge in [0.05, 0.1) is 0 Å². The first-order chi connectivity index (χ1) is 2.00. The molecule has 27 valence electrons. The van der Waals surface area contributed by atoms with Crippen molar-refractivity contribution >= 4 is 18.9 Å². The molecule has 0 atom stereocenters. The normalized spacial score (nSPS) is 1.80. The second-order valence-corrected chi connectivity index (χ2v) is 0. The van der Waals surface area contributed by atoms with Crippen molar-refractivity contribution in [3.05, 3.63) is 0 Å². The molecule has 0 aromatic heterocycles. The summed E-state index contributed by atoms with van der Waals surface area (Å²) >= 11 is 1.06. The Bertz CT molecular complexity index is 6.85. The first-order valence-corrected chi connectivity index (χ1v) is 0.953. The second-order valence-electron chi connectivity index (χ2n) is 0. The molecule has 0 rings (SSSR count). The van der Waals surface area contributed by atoms with Crippen molar-refractivity contribution < 1.29 is 31.6 Å². The summed E-state index contributed by atoms with van der Waals surface area (Å²) in [5, 5.41) is 12.0. The molecule has 0 amide bonds. The van der Waals surface area contributed by atoms with E-state index < -0.39 is 0 Å². The molecule has 0 aliphatic carbocycles. The molecule has 5 heavy (non-hydrogen) atoms. The summed E-state index contributed by atoms with van der Waals surface area (Å²) < 4.78 is 8.19. The fourth-order valence-electron chi connectivity index (χ4n) is 0. The Morgan fingerprint density at radius 3 is 1.20 bits per heavy atom. The Morgan fingerprint density at radius 1 is 1.20 bits per heavy atom. The van der Waals surface area contributed by atoms with E-state index in [0.29, 0.717) is 0 Å². The molecule has 2 N–H and O–H groups in total. The summed E-state index contributed by atoms with van der Waals surface area (Å²) in [6, 6.07) is 0. The monoisotopic (exact) mass is 109 g/mol. The Kier molecular flexibility index (Phi) is 309. The molecule has 0 aromatic rings. The van der Waals surface area contributed by atoms with E-state index in [2.05, 4.69) is 0 Å². The van der Waals surface area contributed by atoms with Gasteiger partial charge in [0.2, 0.25) is 0 Å². The molecule has 0 aromatic carbocycles. The van der Waals surface area contributed by atoms with E-state index in [0.717, 1.165) is 17.4 Å². The Balaban J connectivity index is -0.0000000133. The summed E-state index contributed by atoms with van der Waals surface area (Å²) in [6.07, 6.45) is 0. The third-order valence-corrected chi connectivity index (χ3v) is 0. The predicted octanol–water partition coefficient (Wildman–Crippen LogP) is -0.752. The van der Waals surface area contributed by atoms with Crippen LogP contribution < -0.4 is 0 Å². The summed E-state index contributed by atoms with van der Waals surface area (Å²) in [7, 11) is 0. The van der Waals surface area contributed by atoms with Gasteiger partial charge < -0.3 is 0 Å². The number of hydrogen-bond donors (Lipinski definition) is 2. The maximum atomic E-state index is 8.19. The Labute approximate surface area is 50.7 Å². The third kappa shape index (κ3) is 50.8. The summed E-state index contributed by atoms with van der Waals surface area (Å²) in [4.78, 5) is 0. The summed E-state index contributed by atoms with van der Waals surface area (Å²) in [5.41, 5.74) is 0. The summed E-state index contributed by atoms with van der Waals surface area (Å²) in [6.45, 7) is 0. The zero-order valence-corrected chi connectivity index (χ0v) is 3.15. The van der Waals surface area contributed by atoms with Crippen molar-refractivity contribution in [3.63, 3.8) is 0 Å². The van der Waals surface area contributed by atoms with Crippen molar-refractivity contribution in [2.45, 2.75) is 0 Å². The molecule has 0 aliphatic heterocycles. The average Bonchev–Trinajstić information content (AvgIpc) is 1.50. The van der Waals surface area contributed by atoms with Crippen LogP contribution >= 0.6 is 0 Å². The number of hydrogen-bond acceptors (Lipinski definition) is 3.